The number of hydrogen-bond acceptors (Lipinski definition) is 2. The minimum absolute atomic E-state index is 0.133. The van der Waals surface area contributed by atoms with Gasteiger partial charge in [0.2, 0.25) is 0 Å². The van der Waals surface area contributed by atoms with Crippen molar-refractivity contribution < 1.29 is 0 Å². The number of aromatic amines is 1. The van der Waals surface area contributed by atoms with Crippen LogP contribution in [0.5, 0.6) is 0 Å². The molecule has 0 fully saturated rings. The summed E-state index contributed by atoms with van der Waals surface area (Å²) in [5.41, 5.74) is 11.4. The van der Waals surface area contributed by atoms with Crippen LogP contribution >= 0.6 is 0 Å². The third-order valence-electron chi connectivity index (χ3n) is 1.25. The van der Waals surface area contributed by atoms with E-state index in [0.717, 1.165) is 12.0 Å². The first-order valence-electron chi connectivity index (χ1n) is 3.32. The zero-order valence-corrected chi connectivity index (χ0v) is 6.12. The molecule has 0 aliphatic heterocycles. The molecule has 0 saturated heterocycles. The smallest absolute Gasteiger partial charge is 0.185 e. The molecule has 5 N–H and O–H groups in total. The van der Waals surface area contributed by atoms with Crippen LogP contribution in [0.25, 0.3) is 0 Å². The van der Waals surface area contributed by atoms with Gasteiger partial charge in [0, 0.05) is 12.7 Å². The molecule has 5 nitrogen and oxygen atoms in total. The fourth-order valence-corrected chi connectivity index (χ4v) is 0.728. The Balaban J connectivity index is 2.30. The topological polar surface area (TPSA) is 93.1 Å². The first-order chi connectivity index (χ1) is 5.29. The van der Waals surface area contributed by atoms with Gasteiger partial charge in [-0.15, -0.1) is 0 Å². The van der Waals surface area contributed by atoms with Gasteiger partial charge in [0.15, 0.2) is 5.96 Å². The normalized spacial score (nSPS) is 9.45. The second-order valence-corrected chi connectivity index (χ2v) is 2.16. The van der Waals surface area contributed by atoms with Gasteiger partial charge in [-0.3, -0.25) is 10.1 Å². The van der Waals surface area contributed by atoms with Gasteiger partial charge in [0.25, 0.3) is 0 Å². The molecule has 5 heteroatoms. The lowest BCUT2D eigenvalue weighted by atomic mass is 10.3. The predicted molar refractivity (Wildman–Crippen MR) is 43.0 cm³/mol. The number of H-pyrrole nitrogens is 1. The maximum absolute atomic E-state index is 5.14. The van der Waals surface area contributed by atoms with Crippen molar-refractivity contribution in [3.8, 4) is 0 Å². The van der Waals surface area contributed by atoms with E-state index >= 15 is 0 Å². The van der Waals surface area contributed by atoms with Gasteiger partial charge in [0.1, 0.15) is 0 Å². The standard InChI is InChI=1S/C6H11N5/c7-6(8)9-2-1-5-3-10-11-4-5/h3-4H,1-2H2,(H,10,11)(H4,7,8,9). The molecule has 0 aromatic carbocycles. The maximum Gasteiger partial charge on any atom is 0.185 e. The van der Waals surface area contributed by atoms with Crippen molar-refractivity contribution in [2.45, 2.75) is 6.42 Å². The summed E-state index contributed by atoms with van der Waals surface area (Å²) in [5, 5.41) is 6.49. The molecule has 0 radical (unpaired) electrons. The lowest BCUT2D eigenvalue weighted by molar-refractivity contribution is 0.963. The minimum Gasteiger partial charge on any atom is -0.370 e. The van der Waals surface area contributed by atoms with Crippen molar-refractivity contribution >= 4 is 5.96 Å². The molecular formula is C6H11N5. The SMILES string of the molecule is NC(N)=NCCc1cn[nH]c1. The van der Waals surface area contributed by atoms with E-state index in [1.807, 2.05) is 6.20 Å². The zero-order chi connectivity index (χ0) is 8.10. The fraction of sp³-hybridized carbons (Fsp3) is 0.333. The number of aliphatic imine (C=N–C) groups is 1. The van der Waals surface area contributed by atoms with Crippen molar-refractivity contribution in [3.63, 3.8) is 0 Å². The van der Waals surface area contributed by atoms with Crippen LogP contribution in [0.1, 0.15) is 5.56 Å². The third-order valence-corrected chi connectivity index (χ3v) is 1.25. The number of nitrogens with one attached hydrogen (secondary N) is 1. The van der Waals surface area contributed by atoms with Crippen molar-refractivity contribution in [3.05, 3.63) is 18.0 Å². The monoisotopic (exact) mass is 153 g/mol. The Morgan fingerprint density at radius 2 is 2.45 bits per heavy atom. The molecule has 0 aliphatic rings. The average molecular weight is 153 g/mol. The number of hydrogen-bond donors (Lipinski definition) is 3. The average Bonchev–Trinajstić information content (AvgIpc) is 2.39. The summed E-state index contributed by atoms with van der Waals surface area (Å²) >= 11 is 0. The minimum atomic E-state index is 0.133. The third kappa shape index (κ3) is 2.70. The highest BCUT2D eigenvalue weighted by Gasteiger charge is 1.91. The highest BCUT2D eigenvalue weighted by Crippen LogP contribution is 1.94. The van der Waals surface area contributed by atoms with Crippen LogP contribution in [-0.2, 0) is 6.42 Å². The molecule has 0 atom stereocenters. The van der Waals surface area contributed by atoms with Crippen LogP contribution in [0.15, 0.2) is 17.4 Å². The summed E-state index contributed by atoms with van der Waals surface area (Å²) < 4.78 is 0. The van der Waals surface area contributed by atoms with Crippen LogP contribution in [0.2, 0.25) is 0 Å². The largest absolute Gasteiger partial charge is 0.370 e. The van der Waals surface area contributed by atoms with Crippen molar-refractivity contribution in [2.24, 2.45) is 16.5 Å². The second kappa shape index (κ2) is 3.60. The molecule has 11 heavy (non-hydrogen) atoms. The molecular weight excluding hydrogens is 142 g/mol. The molecule has 0 aliphatic carbocycles. The number of aromatic nitrogens is 2. The highest BCUT2D eigenvalue weighted by molar-refractivity contribution is 5.75. The summed E-state index contributed by atoms with van der Waals surface area (Å²) in [6.45, 7) is 0.613. The molecule has 60 valence electrons. The van der Waals surface area contributed by atoms with Crippen molar-refractivity contribution in [1.82, 2.24) is 10.2 Å². The van der Waals surface area contributed by atoms with E-state index in [9.17, 15) is 0 Å². The van der Waals surface area contributed by atoms with Crippen LogP contribution < -0.4 is 11.5 Å². The van der Waals surface area contributed by atoms with Gasteiger partial charge in [-0.25, -0.2) is 0 Å². The predicted octanol–water partition coefficient (Wildman–Crippen LogP) is -0.774. The summed E-state index contributed by atoms with van der Waals surface area (Å²) in [7, 11) is 0. The van der Waals surface area contributed by atoms with Crippen LogP contribution in [0.3, 0.4) is 0 Å². The first kappa shape index (κ1) is 7.59. The number of nitrogens with zero attached hydrogens (tertiary/aromatic N) is 2. The Labute approximate surface area is 64.5 Å². The summed E-state index contributed by atoms with van der Waals surface area (Å²) in [6, 6.07) is 0. The molecule has 1 aromatic heterocycles. The molecule has 1 rings (SSSR count). The Hall–Kier alpha value is -1.52. The summed E-state index contributed by atoms with van der Waals surface area (Å²) in [6.07, 6.45) is 4.39. The Morgan fingerprint density at radius 3 is 3.00 bits per heavy atom. The molecule has 0 saturated carbocycles. The van der Waals surface area contributed by atoms with E-state index in [1.54, 1.807) is 6.20 Å². The van der Waals surface area contributed by atoms with E-state index in [-0.39, 0.29) is 5.96 Å². The maximum atomic E-state index is 5.14. The lowest BCUT2D eigenvalue weighted by Crippen LogP contribution is -2.23. The van der Waals surface area contributed by atoms with E-state index in [2.05, 4.69) is 15.2 Å². The fourth-order valence-electron chi connectivity index (χ4n) is 0.728. The first-order valence-corrected chi connectivity index (χ1v) is 3.32. The van der Waals surface area contributed by atoms with Gasteiger partial charge in [-0.2, -0.15) is 5.10 Å². The van der Waals surface area contributed by atoms with Crippen LogP contribution in [0, 0.1) is 0 Å². The van der Waals surface area contributed by atoms with E-state index in [1.165, 1.54) is 0 Å². The zero-order valence-electron chi connectivity index (χ0n) is 6.12. The van der Waals surface area contributed by atoms with Gasteiger partial charge in [0.05, 0.1) is 6.20 Å². The molecule has 0 bridgehead atoms. The number of nitrogens with two attached hydrogens (primary N) is 2. The van der Waals surface area contributed by atoms with Crippen LogP contribution in [-0.4, -0.2) is 22.7 Å². The van der Waals surface area contributed by atoms with Crippen LogP contribution in [0.4, 0.5) is 0 Å². The molecule has 0 unspecified atom stereocenters. The lowest BCUT2D eigenvalue weighted by Gasteiger charge is -1.91. The summed E-state index contributed by atoms with van der Waals surface area (Å²) in [5.74, 6) is 0.133. The highest BCUT2D eigenvalue weighted by atomic mass is 15.1. The van der Waals surface area contributed by atoms with Crippen molar-refractivity contribution in [2.75, 3.05) is 6.54 Å². The molecule has 0 amide bonds. The quantitative estimate of drug-likeness (QED) is 0.393. The van der Waals surface area contributed by atoms with E-state index in [0.29, 0.717) is 6.54 Å². The van der Waals surface area contributed by atoms with Crippen molar-refractivity contribution in [1.29, 1.82) is 0 Å². The number of guanidine groups is 1. The Morgan fingerprint density at radius 1 is 1.64 bits per heavy atom. The Kier molecular flexibility index (Phi) is 2.48. The van der Waals surface area contributed by atoms with Gasteiger partial charge in [-0.05, 0) is 12.0 Å². The van der Waals surface area contributed by atoms with Gasteiger partial charge < -0.3 is 11.5 Å². The number of rotatable bonds is 3. The second-order valence-electron chi connectivity index (χ2n) is 2.16. The van der Waals surface area contributed by atoms with Gasteiger partial charge >= 0.3 is 0 Å². The molecule has 1 aromatic rings. The molecule has 1 heterocycles. The van der Waals surface area contributed by atoms with E-state index in [4.69, 9.17) is 11.5 Å². The van der Waals surface area contributed by atoms with E-state index < -0.39 is 0 Å². The molecule has 0 spiro atoms. The Bertz CT molecular complexity index is 221. The van der Waals surface area contributed by atoms with Gasteiger partial charge in [-0.1, -0.05) is 0 Å². The summed E-state index contributed by atoms with van der Waals surface area (Å²) in [4.78, 5) is 3.83.